The van der Waals surface area contributed by atoms with E-state index >= 15 is 0 Å². The summed E-state index contributed by atoms with van der Waals surface area (Å²) in [5, 5.41) is 11.8. The quantitative estimate of drug-likeness (QED) is 0.901. The average Bonchev–Trinajstić information content (AvgIpc) is 2.75. The molecule has 0 aliphatic heterocycles. The van der Waals surface area contributed by atoms with Crippen LogP contribution in [0, 0.1) is 0 Å². The molecule has 0 spiro atoms. The van der Waals surface area contributed by atoms with E-state index in [1.807, 2.05) is 0 Å². The lowest BCUT2D eigenvalue weighted by Crippen LogP contribution is -2.13. The fourth-order valence-electron chi connectivity index (χ4n) is 1.17. The van der Waals surface area contributed by atoms with Crippen molar-refractivity contribution in [2.75, 3.05) is 5.32 Å². The highest BCUT2D eigenvalue weighted by molar-refractivity contribution is 9.11. The number of carbonyl (C=O) groups is 2. The third-order valence-corrected chi connectivity index (χ3v) is 3.33. The monoisotopic (exact) mass is 327 g/mol. The van der Waals surface area contributed by atoms with Gasteiger partial charge in [0.1, 0.15) is 5.69 Å². The standard InChI is InChI=1S/C10H6BrN3O3S/c11-7-4-13-10(18-7)14-8(15)5-1-2-12-6(3-5)9(16)17/h1-4H,(H,16,17)(H,13,14,15). The summed E-state index contributed by atoms with van der Waals surface area (Å²) in [6.45, 7) is 0. The Hall–Kier alpha value is -1.80. The van der Waals surface area contributed by atoms with Crippen molar-refractivity contribution in [2.45, 2.75) is 0 Å². The van der Waals surface area contributed by atoms with Gasteiger partial charge in [-0.25, -0.2) is 14.8 Å². The van der Waals surface area contributed by atoms with Crippen molar-refractivity contribution in [3.63, 3.8) is 0 Å². The third kappa shape index (κ3) is 2.90. The summed E-state index contributed by atoms with van der Waals surface area (Å²) < 4.78 is 0.791. The minimum Gasteiger partial charge on any atom is -0.477 e. The van der Waals surface area contributed by atoms with Crippen LogP contribution in [-0.2, 0) is 0 Å². The van der Waals surface area contributed by atoms with E-state index in [0.717, 1.165) is 3.79 Å². The van der Waals surface area contributed by atoms with Crippen LogP contribution in [-0.4, -0.2) is 27.0 Å². The molecule has 92 valence electrons. The number of halogens is 1. The minimum absolute atomic E-state index is 0.178. The van der Waals surface area contributed by atoms with Crippen LogP contribution in [0.2, 0.25) is 0 Å². The number of pyridine rings is 1. The number of amides is 1. The second kappa shape index (κ2) is 5.23. The van der Waals surface area contributed by atoms with Gasteiger partial charge in [-0.05, 0) is 28.1 Å². The molecular formula is C10H6BrN3O3S. The molecule has 0 fully saturated rings. The summed E-state index contributed by atoms with van der Waals surface area (Å²) in [5.74, 6) is -1.61. The molecule has 2 aromatic heterocycles. The molecule has 2 aromatic rings. The number of hydrogen-bond donors (Lipinski definition) is 2. The summed E-state index contributed by atoms with van der Waals surface area (Å²) in [4.78, 5) is 30.1. The summed E-state index contributed by atoms with van der Waals surface area (Å²) in [6, 6.07) is 2.64. The molecule has 0 bridgehead atoms. The van der Waals surface area contributed by atoms with Gasteiger partial charge < -0.3 is 5.11 Å². The van der Waals surface area contributed by atoms with Gasteiger partial charge in [0.15, 0.2) is 5.13 Å². The zero-order valence-electron chi connectivity index (χ0n) is 8.75. The Morgan fingerprint density at radius 3 is 2.78 bits per heavy atom. The number of carboxylic acid groups (broad SMARTS) is 1. The van der Waals surface area contributed by atoms with E-state index in [1.54, 1.807) is 6.20 Å². The second-order valence-corrected chi connectivity index (χ2v) is 5.57. The number of nitrogens with zero attached hydrogens (tertiary/aromatic N) is 2. The molecule has 1 amide bonds. The van der Waals surface area contributed by atoms with Crippen molar-refractivity contribution in [3.05, 3.63) is 39.6 Å². The lowest BCUT2D eigenvalue weighted by atomic mass is 10.2. The number of thiazole rings is 1. The number of aromatic nitrogens is 2. The first-order chi connectivity index (χ1) is 8.56. The number of carboxylic acids is 1. The highest BCUT2D eigenvalue weighted by Crippen LogP contribution is 2.23. The summed E-state index contributed by atoms with van der Waals surface area (Å²) in [6.07, 6.45) is 2.84. The molecule has 0 radical (unpaired) electrons. The zero-order chi connectivity index (χ0) is 13.1. The van der Waals surface area contributed by atoms with Crippen LogP contribution in [0.4, 0.5) is 5.13 Å². The topological polar surface area (TPSA) is 92.2 Å². The molecule has 2 rings (SSSR count). The fourth-order valence-corrected chi connectivity index (χ4v) is 2.27. The Labute approximate surface area is 114 Å². The van der Waals surface area contributed by atoms with Crippen LogP contribution in [0.1, 0.15) is 20.8 Å². The van der Waals surface area contributed by atoms with Gasteiger partial charge in [-0.15, -0.1) is 0 Å². The maximum Gasteiger partial charge on any atom is 0.354 e. The molecule has 6 nitrogen and oxygen atoms in total. The summed E-state index contributed by atoms with van der Waals surface area (Å²) in [5.41, 5.74) is 0.0386. The van der Waals surface area contributed by atoms with Crippen LogP contribution in [0.15, 0.2) is 28.3 Å². The maximum absolute atomic E-state index is 11.8. The van der Waals surface area contributed by atoms with Gasteiger partial charge in [0.05, 0.1) is 9.98 Å². The molecule has 2 heterocycles. The van der Waals surface area contributed by atoms with Crippen molar-refractivity contribution in [2.24, 2.45) is 0 Å². The largest absolute Gasteiger partial charge is 0.477 e. The van der Waals surface area contributed by atoms with Gasteiger partial charge in [-0.2, -0.15) is 0 Å². The fraction of sp³-hybridized carbons (Fsp3) is 0. The van der Waals surface area contributed by atoms with Crippen LogP contribution in [0.25, 0.3) is 0 Å². The van der Waals surface area contributed by atoms with E-state index < -0.39 is 11.9 Å². The molecule has 2 N–H and O–H groups in total. The highest BCUT2D eigenvalue weighted by Gasteiger charge is 2.12. The van der Waals surface area contributed by atoms with E-state index in [1.165, 1.54) is 29.7 Å². The smallest absolute Gasteiger partial charge is 0.354 e. The predicted octanol–water partition coefficient (Wildman–Crippen LogP) is 2.25. The Balaban J connectivity index is 2.18. The molecule has 0 aromatic carbocycles. The zero-order valence-corrected chi connectivity index (χ0v) is 11.2. The Bertz CT molecular complexity index is 614. The summed E-state index contributed by atoms with van der Waals surface area (Å²) in [7, 11) is 0. The lowest BCUT2D eigenvalue weighted by Gasteiger charge is -2.01. The Morgan fingerprint density at radius 1 is 1.39 bits per heavy atom. The molecule has 0 atom stereocenters. The van der Waals surface area contributed by atoms with E-state index in [2.05, 4.69) is 31.2 Å². The molecule has 18 heavy (non-hydrogen) atoms. The van der Waals surface area contributed by atoms with Crippen LogP contribution >= 0.6 is 27.3 Å². The van der Waals surface area contributed by atoms with Gasteiger partial charge in [0.2, 0.25) is 0 Å². The van der Waals surface area contributed by atoms with Crippen molar-refractivity contribution < 1.29 is 14.7 Å². The molecule has 0 saturated carbocycles. The Kier molecular flexibility index (Phi) is 3.68. The van der Waals surface area contributed by atoms with Crippen molar-refractivity contribution in [1.29, 1.82) is 0 Å². The van der Waals surface area contributed by atoms with E-state index in [-0.39, 0.29) is 11.3 Å². The van der Waals surface area contributed by atoms with Gasteiger partial charge in [0.25, 0.3) is 5.91 Å². The SMILES string of the molecule is O=C(Nc1ncc(Br)s1)c1ccnc(C(=O)O)c1. The van der Waals surface area contributed by atoms with E-state index in [9.17, 15) is 9.59 Å². The van der Waals surface area contributed by atoms with Crippen LogP contribution < -0.4 is 5.32 Å². The number of carbonyl (C=O) groups excluding carboxylic acids is 1. The number of aromatic carboxylic acids is 1. The van der Waals surface area contributed by atoms with Crippen molar-refractivity contribution in [1.82, 2.24) is 9.97 Å². The van der Waals surface area contributed by atoms with Crippen LogP contribution in [0.5, 0.6) is 0 Å². The maximum atomic E-state index is 11.8. The van der Waals surface area contributed by atoms with E-state index in [0.29, 0.717) is 5.13 Å². The first-order valence-electron chi connectivity index (χ1n) is 4.68. The molecule has 0 unspecified atom stereocenters. The lowest BCUT2D eigenvalue weighted by molar-refractivity contribution is 0.0690. The third-order valence-electron chi connectivity index (χ3n) is 1.94. The minimum atomic E-state index is -1.18. The predicted molar refractivity (Wildman–Crippen MR) is 69.0 cm³/mol. The molecular weight excluding hydrogens is 322 g/mol. The van der Waals surface area contributed by atoms with Crippen molar-refractivity contribution in [3.8, 4) is 0 Å². The molecule has 0 aliphatic rings. The normalized spacial score (nSPS) is 10.1. The van der Waals surface area contributed by atoms with Crippen LogP contribution in [0.3, 0.4) is 0 Å². The molecule has 0 saturated heterocycles. The average molecular weight is 328 g/mol. The molecule has 8 heteroatoms. The van der Waals surface area contributed by atoms with Gasteiger partial charge >= 0.3 is 5.97 Å². The van der Waals surface area contributed by atoms with Gasteiger partial charge in [-0.1, -0.05) is 11.3 Å². The number of hydrogen-bond acceptors (Lipinski definition) is 5. The number of nitrogens with one attached hydrogen (secondary N) is 1. The van der Waals surface area contributed by atoms with Gasteiger partial charge in [-0.3, -0.25) is 10.1 Å². The Morgan fingerprint density at radius 2 is 2.17 bits per heavy atom. The van der Waals surface area contributed by atoms with Gasteiger partial charge in [0, 0.05) is 11.8 Å². The second-order valence-electron chi connectivity index (χ2n) is 3.16. The number of anilines is 1. The highest BCUT2D eigenvalue weighted by atomic mass is 79.9. The summed E-state index contributed by atoms with van der Waals surface area (Å²) >= 11 is 4.49. The first-order valence-corrected chi connectivity index (χ1v) is 6.29. The number of rotatable bonds is 3. The van der Waals surface area contributed by atoms with E-state index in [4.69, 9.17) is 5.11 Å². The van der Waals surface area contributed by atoms with Crippen molar-refractivity contribution >= 4 is 44.3 Å². The first kappa shape index (κ1) is 12.7. The molecule has 0 aliphatic carbocycles.